The van der Waals surface area contributed by atoms with E-state index in [4.69, 9.17) is 0 Å². The van der Waals surface area contributed by atoms with Gasteiger partial charge in [-0.3, -0.25) is 9.59 Å². The molecule has 4 aliphatic rings. The highest BCUT2D eigenvalue weighted by molar-refractivity contribution is 6.03. The van der Waals surface area contributed by atoms with Crippen LogP contribution in [0.3, 0.4) is 0 Å². The molecular formula is C10H10O2. The first-order valence-electron chi connectivity index (χ1n) is 4.52. The van der Waals surface area contributed by atoms with Gasteiger partial charge < -0.3 is 0 Å². The van der Waals surface area contributed by atoms with Crippen LogP contribution < -0.4 is 0 Å². The van der Waals surface area contributed by atoms with E-state index in [1.165, 1.54) is 0 Å². The van der Waals surface area contributed by atoms with Crippen molar-refractivity contribution in [3.63, 3.8) is 0 Å². The Balaban J connectivity index is 2.07. The zero-order valence-corrected chi connectivity index (χ0v) is 6.69. The number of carbonyl (C=O) groups is 2. The van der Waals surface area contributed by atoms with Gasteiger partial charge in [0.15, 0.2) is 0 Å². The monoisotopic (exact) mass is 162 g/mol. The molecule has 4 unspecified atom stereocenters. The van der Waals surface area contributed by atoms with Crippen LogP contribution in [0.5, 0.6) is 0 Å². The Morgan fingerprint density at radius 1 is 1.25 bits per heavy atom. The molecule has 0 heterocycles. The fourth-order valence-corrected chi connectivity index (χ4v) is 2.94. The number of hydrogen-bond acceptors (Lipinski definition) is 2. The van der Waals surface area contributed by atoms with Crippen LogP contribution in [-0.4, -0.2) is 11.6 Å². The molecule has 4 aliphatic carbocycles. The lowest BCUT2D eigenvalue weighted by Gasteiger charge is -2.51. The van der Waals surface area contributed by atoms with Gasteiger partial charge >= 0.3 is 0 Å². The molecule has 0 radical (unpaired) electrons. The van der Waals surface area contributed by atoms with Crippen molar-refractivity contribution >= 4 is 11.6 Å². The normalized spacial score (nSPS) is 49.0. The SMILES string of the molecule is O=C1CC2C(=O)C3C1CC=CC23. The molecule has 3 fully saturated rings. The van der Waals surface area contributed by atoms with Gasteiger partial charge in [-0.05, 0) is 12.3 Å². The molecule has 0 N–H and O–H groups in total. The van der Waals surface area contributed by atoms with Crippen molar-refractivity contribution in [3.8, 4) is 0 Å². The minimum atomic E-state index is 0.0532. The third-order valence-electron chi connectivity index (χ3n) is 3.59. The molecule has 3 saturated carbocycles. The van der Waals surface area contributed by atoms with E-state index in [0.717, 1.165) is 6.42 Å². The molecular weight excluding hydrogens is 152 g/mol. The first kappa shape index (κ1) is 6.58. The van der Waals surface area contributed by atoms with Crippen LogP contribution in [0.2, 0.25) is 0 Å². The maximum Gasteiger partial charge on any atom is 0.141 e. The van der Waals surface area contributed by atoms with Gasteiger partial charge in [-0.1, -0.05) is 12.2 Å². The zero-order chi connectivity index (χ0) is 8.29. The van der Waals surface area contributed by atoms with E-state index in [0.29, 0.717) is 23.9 Å². The van der Waals surface area contributed by atoms with Gasteiger partial charge in [-0.2, -0.15) is 0 Å². The number of carbonyl (C=O) groups excluding carboxylic acids is 2. The summed E-state index contributed by atoms with van der Waals surface area (Å²) in [6.07, 6.45) is 5.54. The lowest BCUT2D eigenvalue weighted by molar-refractivity contribution is -0.159. The van der Waals surface area contributed by atoms with E-state index in [9.17, 15) is 9.59 Å². The fourth-order valence-electron chi connectivity index (χ4n) is 2.94. The van der Waals surface area contributed by atoms with Crippen molar-refractivity contribution in [2.45, 2.75) is 12.8 Å². The van der Waals surface area contributed by atoms with Crippen LogP contribution in [0.25, 0.3) is 0 Å². The van der Waals surface area contributed by atoms with Crippen molar-refractivity contribution in [1.82, 2.24) is 0 Å². The lowest BCUT2D eigenvalue weighted by Crippen LogP contribution is -2.58. The summed E-state index contributed by atoms with van der Waals surface area (Å²) >= 11 is 0. The predicted molar refractivity (Wildman–Crippen MR) is 42.3 cm³/mol. The minimum Gasteiger partial charge on any atom is -0.299 e. The molecule has 0 spiro atoms. The Kier molecular flexibility index (Phi) is 1.03. The third-order valence-corrected chi connectivity index (χ3v) is 3.59. The average molecular weight is 162 g/mol. The largest absolute Gasteiger partial charge is 0.299 e. The molecule has 0 aliphatic heterocycles. The van der Waals surface area contributed by atoms with Gasteiger partial charge in [0.25, 0.3) is 0 Å². The van der Waals surface area contributed by atoms with Crippen molar-refractivity contribution in [3.05, 3.63) is 12.2 Å². The number of ketones is 2. The Bertz CT molecular complexity index is 295. The molecule has 4 atom stereocenters. The number of fused-ring (bicyclic) bond motifs is 1. The van der Waals surface area contributed by atoms with Crippen molar-refractivity contribution in [2.24, 2.45) is 23.7 Å². The highest BCUT2D eigenvalue weighted by atomic mass is 16.1. The van der Waals surface area contributed by atoms with E-state index in [1.807, 2.05) is 0 Å². The third kappa shape index (κ3) is 0.542. The van der Waals surface area contributed by atoms with Gasteiger partial charge in [0.05, 0.1) is 0 Å². The van der Waals surface area contributed by atoms with Gasteiger partial charge in [-0.25, -0.2) is 0 Å². The van der Waals surface area contributed by atoms with E-state index in [1.54, 1.807) is 0 Å². The molecule has 2 heteroatoms. The lowest BCUT2D eigenvalue weighted by atomic mass is 9.49. The summed E-state index contributed by atoms with van der Waals surface area (Å²) in [6, 6.07) is 0. The van der Waals surface area contributed by atoms with Crippen LogP contribution >= 0.6 is 0 Å². The predicted octanol–water partition coefficient (Wildman–Crippen LogP) is 0.967. The molecule has 0 saturated heterocycles. The van der Waals surface area contributed by atoms with E-state index in [-0.39, 0.29) is 17.8 Å². The molecule has 0 aromatic carbocycles. The number of hydrogen-bond donors (Lipinski definition) is 0. The average Bonchev–Trinajstić information content (AvgIpc) is 2.10. The molecule has 0 amide bonds. The quantitative estimate of drug-likeness (QED) is 0.497. The van der Waals surface area contributed by atoms with E-state index in [2.05, 4.69) is 12.2 Å². The summed E-state index contributed by atoms with van der Waals surface area (Å²) in [6.45, 7) is 0. The Hall–Kier alpha value is -0.920. The summed E-state index contributed by atoms with van der Waals surface area (Å²) in [7, 11) is 0. The van der Waals surface area contributed by atoms with E-state index >= 15 is 0 Å². The number of rotatable bonds is 0. The second-order valence-electron chi connectivity index (χ2n) is 4.05. The molecule has 4 bridgehead atoms. The summed E-state index contributed by atoms with van der Waals surface area (Å²) < 4.78 is 0. The van der Waals surface area contributed by atoms with Crippen LogP contribution in [0.15, 0.2) is 12.2 Å². The van der Waals surface area contributed by atoms with Crippen molar-refractivity contribution < 1.29 is 9.59 Å². The molecule has 62 valence electrons. The fraction of sp³-hybridized carbons (Fsp3) is 0.600. The van der Waals surface area contributed by atoms with Gasteiger partial charge in [0.1, 0.15) is 11.6 Å². The van der Waals surface area contributed by atoms with Crippen LogP contribution in [0, 0.1) is 23.7 Å². The highest BCUT2D eigenvalue weighted by Gasteiger charge is 2.59. The molecule has 12 heavy (non-hydrogen) atoms. The van der Waals surface area contributed by atoms with Crippen LogP contribution in [-0.2, 0) is 9.59 Å². The Labute approximate surface area is 70.6 Å². The maximum absolute atomic E-state index is 11.4. The van der Waals surface area contributed by atoms with Crippen molar-refractivity contribution in [2.75, 3.05) is 0 Å². The summed E-state index contributed by atoms with van der Waals surface area (Å²) in [5.74, 6) is 1.31. The Morgan fingerprint density at radius 2 is 2.08 bits per heavy atom. The topological polar surface area (TPSA) is 34.1 Å². The molecule has 0 aromatic heterocycles. The van der Waals surface area contributed by atoms with E-state index < -0.39 is 0 Å². The zero-order valence-electron chi connectivity index (χ0n) is 6.69. The maximum atomic E-state index is 11.4. The first-order valence-corrected chi connectivity index (χ1v) is 4.52. The number of allylic oxidation sites excluding steroid dienone is 2. The van der Waals surface area contributed by atoms with Crippen LogP contribution in [0.1, 0.15) is 12.8 Å². The number of Topliss-reactive ketones (excluding diaryl/α,β-unsaturated/α-hetero) is 2. The molecule has 2 nitrogen and oxygen atoms in total. The van der Waals surface area contributed by atoms with Gasteiger partial charge in [0, 0.05) is 24.2 Å². The van der Waals surface area contributed by atoms with Gasteiger partial charge in [-0.15, -0.1) is 0 Å². The van der Waals surface area contributed by atoms with Gasteiger partial charge in [0.2, 0.25) is 0 Å². The Morgan fingerprint density at radius 3 is 2.83 bits per heavy atom. The summed E-state index contributed by atoms with van der Waals surface area (Å²) in [5.41, 5.74) is 0. The molecule has 0 aromatic rings. The standard InChI is InChI=1S/C10H10O2/c11-8-4-7-5-2-1-3-6(8)9(5)10(7)12/h1-2,5-7,9H,3-4H2. The molecule has 4 rings (SSSR count). The van der Waals surface area contributed by atoms with Crippen LogP contribution in [0.4, 0.5) is 0 Å². The smallest absolute Gasteiger partial charge is 0.141 e. The minimum absolute atomic E-state index is 0.0532. The summed E-state index contributed by atoms with van der Waals surface area (Å²) in [5, 5.41) is 0. The second kappa shape index (κ2) is 1.87. The first-order chi connectivity index (χ1) is 5.79. The van der Waals surface area contributed by atoms with Crippen molar-refractivity contribution in [1.29, 1.82) is 0 Å². The summed E-state index contributed by atoms with van der Waals surface area (Å²) in [4.78, 5) is 22.8. The highest BCUT2D eigenvalue weighted by Crippen LogP contribution is 2.53. The second-order valence-corrected chi connectivity index (χ2v) is 4.05.